The Morgan fingerprint density at radius 2 is 2.04 bits per heavy atom. The van der Waals surface area contributed by atoms with Crippen LogP contribution in [0.25, 0.3) is 20.7 Å². The second kappa shape index (κ2) is 6.97. The molecular formula is C18H19N3O2S. The van der Waals surface area contributed by atoms with Crippen LogP contribution >= 0.6 is 11.3 Å². The quantitative estimate of drug-likeness (QED) is 0.749. The van der Waals surface area contributed by atoms with Gasteiger partial charge in [-0.1, -0.05) is 37.3 Å². The van der Waals surface area contributed by atoms with Crippen LogP contribution in [0.5, 0.6) is 0 Å². The van der Waals surface area contributed by atoms with Crippen LogP contribution in [0.4, 0.5) is 0 Å². The lowest BCUT2D eigenvalue weighted by Gasteiger charge is -2.10. The summed E-state index contributed by atoms with van der Waals surface area (Å²) in [7, 11) is 0. The number of carbonyl (C=O) groups is 1. The summed E-state index contributed by atoms with van der Waals surface area (Å²) in [6, 6.07) is 11.9. The van der Waals surface area contributed by atoms with E-state index >= 15 is 0 Å². The van der Waals surface area contributed by atoms with Gasteiger partial charge in [0.05, 0.1) is 5.39 Å². The first-order valence-corrected chi connectivity index (χ1v) is 8.78. The predicted octanol–water partition coefficient (Wildman–Crippen LogP) is 2.95. The number of carbonyl (C=O) groups excluding carboxylic acids is 1. The van der Waals surface area contributed by atoms with Crippen LogP contribution < -0.4 is 11.3 Å². The molecule has 2 N–H and O–H groups in total. The molecule has 2 aromatic heterocycles. The molecule has 0 unspecified atom stereocenters. The van der Waals surface area contributed by atoms with E-state index in [1.807, 2.05) is 43.3 Å². The number of rotatable bonds is 6. The highest BCUT2D eigenvalue weighted by molar-refractivity contribution is 7.21. The highest BCUT2D eigenvalue weighted by Gasteiger charge is 2.14. The van der Waals surface area contributed by atoms with Crippen molar-refractivity contribution in [2.24, 2.45) is 5.73 Å². The third-order valence-electron chi connectivity index (χ3n) is 3.91. The molecule has 3 rings (SSSR count). The number of hydrogen-bond acceptors (Lipinski definition) is 4. The normalized spacial score (nSPS) is 11.0. The summed E-state index contributed by atoms with van der Waals surface area (Å²) < 4.78 is 1.67. The van der Waals surface area contributed by atoms with E-state index in [9.17, 15) is 9.59 Å². The number of benzene rings is 1. The van der Waals surface area contributed by atoms with Crippen molar-refractivity contribution in [3.63, 3.8) is 0 Å². The molecule has 0 atom stereocenters. The van der Waals surface area contributed by atoms with E-state index in [1.165, 1.54) is 11.3 Å². The number of aromatic nitrogens is 2. The Balaban J connectivity index is 2.05. The lowest BCUT2D eigenvalue weighted by Crippen LogP contribution is -2.25. The largest absolute Gasteiger partial charge is 0.370 e. The Morgan fingerprint density at radius 1 is 1.29 bits per heavy atom. The first-order chi connectivity index (χ1) is 11.6. The Morgan fingerprint density at radius 3 is 2.71 bits per heavy atom. The molecule has 0 saturated heterocycles. The smallest absolute Gasteiger partial charge is 0.262 e. The molecule has 0 aliphatic carbocycles. The monoisotopic (exact) mass is 341 g/mol. The maximum Gasteiger partial charge on any atom is 0.262 e. The SMILES string of the molecule is CCc1nc2sc(-c3ccccc3)cc2c(=O)n1CCCC(N)=O. The van der Waals surface area contributed by atoms with Crippen LogP contribution in [-0.2, 0) is 17.8 Å². The summed E-state index contributed by atoms with van der Waals surface area (Å²) in [6.07, 6.45) is 1.48. The van der Waals surface area contributed by atoms with Gasteiger partial charge in [0.25, 0.3) is 5.56 Å². The highest BCUT2D eigenvalue weighted by Crippen LogP contribution is 2.31. The molecule has 6 heteroatoms. The molecule has 1 amide bonds. The van der Waals surface area contributed by atoms with Crippen molar-refractivity contribution in [3.05, 3.63) is 52.6 Å². The molecule has 5 nitrogen and oxygen atoms in total. The van der Waals surface area contributed by atoms with Crippen molar-refractivity contribution < 1.29 is 4.79 Å². The average molecular weight is 341 g/mol. The van der Waals surface area contributed by atoms with Crippen LogP contribution in [0.2, 0.25) is 0 Å². The number of primary amides is 1. The number of nitrogens with zero attached hydrogens (tertiary/aromatic N) is 2. The van der Waals surface area contributed by atoms with Crippen molar-refractivity contribution in [3.8, 4) is 10.4 Å². The average Bonchev–Trinajstić information content (AvgIpc) is 3.01. The van der Waals surface area contributed by atoms with Gasteiger partial charge >= 0.3 is 0 Å². The summed E-state index contributed by atoms with van der Waals surface area (Å²) in [6.45, 7) is 2.44. The number of amides is 1. The fourth-order valence-corrected chi connectivity index (χ4v) is 3.76. The van der Waals surface area contributed by atoms with Crippen LogP contribution in [0, 0.1) is 0 Å². The first kappa shape index (κ1) is 16.4. The predicted molar refractivity (Wildman–Crippen MR) is 97.1 cm³/mol. The second-order valence-electron chi connectivity index (χ2n) is 5.60. The van der Waals surface area contributed by atoms with Crippen molar-refractivity contribution >= 4 is 27.5 Å². The molecule has 24 heavy (non-hydrogen) atoms. The van der Waals surface area contributed by atoms with Gasteiger partial charge in [0, 0.05) is 24.3 Å². The molecule has 0 radical (unpaired) electrons. The number of fused-ring (bicyclic) bond motifs is 1. The zero-order chi connectivity index (χ0) is 17.1. The van der Waals surface area contributed by atoms with Gasteiger partial charge in [-0.2, -0.15) is 0 Å². The van der Waals surface area contributed by atoms with Gasteiger partial charge in [-0.25, -0.2) is 4.98 Å². The highest BCUT2D eigenvalue weighted by atomic mass is 32.1. The maximum absolute atomic E-state index is 12.8. The number of aryl methyl sites for hydroxylation is 1. The summed E-state index contributed by atoms with van der Waals surface area (Å²) in [5.74, 6) is 0.399. The van der Waals surface area contributed by atoms with E-state index in [2.05, 4.69) is 4.98 Å². The van der Waals surface area contributed by atoms with E-state index in [1.54, 1.807) is 4.57 Å². The summed E-state index contributed by atoms with van der Waals surface area (Å²) in [4.78, 5) is 30.2. The molecule has 1 aromatic carbocycles. The molecule has 0 fully saturated rings. The van der Waals surface area contributed by atoms with Gasteiger partial charge in [0.1, 0.15) is 10.7 Å². The van der Waals surface area contributed by atoms with E-state index in [-0.39, 0.29) is 17.9 Å². The first-order valence-electron chi connectivity index (χ1n) is 7.97. The van der Waals surface area contributed by atoms with Crippen molar-refractivity contribution in [2.75, 3.05) is 0 Å². The summed E-state index contributed by atoms with van der Waals surface area (Å²) in [5.41, 5.74) is 6.22. The van der Waals surface area contributed by atoms with Gasteiger partial charge in [0.2, 0.25) is 5.91 Å². The molecular weight excluding hydrogens is 322 g/mol. The van der Waals surface area contributed by atoms with Crippen molar-refractivity contribution in [2.45, 2.75) is 32.7 Å². The molecule has 0 aliphatic rings. The molecule has 0 bridgehead atoms. The van der Waals surface area contributed by atoms with Gasteiger partial charge in [-0.15, -0.1) is 11.3 Å². The lowest BCUT2D eigenvalue weighted by atomic mass is 10.2. The number of hydrogen-bond donors (Lipinski definition) is 1. The standard InChI is InChI=1S/C18H19N3O2S/c1-2-16-20-17-13(18(23)21(16)10-6-9-15(19)22)11-14(24-17)12-7-4-3-5-8-12/h3-5,7-8,11H,2,6,9-10H2,1H3,(H2,19,22). The fraction of sp³-hybridized carbons (Fsp3) is 0.278. The van der Waals surface area contributed by atoms with Crippen LogP contribution in [0.1, 0.15) is 25.6 Å². The van der Waals surface area contributed by atoms with Crippen LogP contribution in [0.15, 0.2) is 41.2 Å². The summed E-state index contributed by atoms with van der Waals surface area (Å²) in [5, 5.41) is 0.634. The van der Waals surface area contributed by atoms with Gasteiger partial charge in [-0.05, 0) is 18.1 Å². The fourth-order valence-electron chi connectivity index (χ4n) is 2.71. The van der Waals surface area contributed by atoms with Crippen LogP contribution in [0.3, 0.4) is 0 Å². The minimum absolute atomic E-state index is 0.0419. The third-order valence-corrected chi connectivity index (χ3v) is 4.99. The van der Waals surface area contributed by atoms with Gasteiger partial charge in [0.15, 0.2) is 0 Å². The minimum Gasteiger partial charge on any atom is -0.370 e. The van der Waals surface area contributed by atoms with Gasteiger partial charge in [-0.3, -0.25) is 14.2 Å². The van der Waals surface area contributed by atoms with Crippen molar-refractivity contribution in [1.82, 2.24) is 9.55 Å². The molecule has 3 aromatic rings. The molecule has 2 heterocycles. The van der Waals surface area contributed by atoms with Gasteiger partial charge < -0.3 is 5.73 Å². The molecule has 0 saturated carbocycles. The minimum atomic E-state index is -0.350. The summed E-state index contributed by atoms with van der Waals surface area (Å²) >= 11 is 1.53. The Hall–Kier alpha value is -2.47. The van der Waals surface area contributed by atoms with E-state index in [0.717, 1.165) is 21.1 Å². The number of nitrogens with two attached hydrogens (primary N) is 1. The topological polar surface area (TPSA) is 78.0 Å². The Bertz CT molecular complexity index is 929. The lowest BCUT2D eigenvalue weighted by molar-refractivity contribution is -0.118. The zero-order valence-corrected chi connectivity index (χ0v) is 14.3. The number of thiophene rings is 1. The van der Waals surface area contributed by atoms with Crippen LogP contribution in [-0.4, -0.2) is 15.5 Å². The van der Waals surface area contributed by atoms with E-state index in [0.29, 0.717) is 24.8 Å². The third kappa shape index (κ3) is 3.23. The molecule has 0 spiro atoms. The zero-order valence-electron chi connectivity index (χ0n) is 13.5. The Labute approximate surface area is 143 Å². The maximum atomic E-state index is 12.8. The van der Waals surface area contributed by atoms with E-state index < -0.39 is 0 Å². The molecule has 124 valence electrons. The molecule has 0 aliphatic heterocycles. The second-order valence-corrected chi connectivity index (χ2v) is 6.63. The Kier molecular flexibility index (Phi) is 4.76. The van der Waals surface area contributed by atoms with Crippen molar-refractivity contribution in [1.29, 1.82) is 0 Å². The van der Waals surface area contributed by atoms with E-state index in [4.69, 9.17) is 5.73 Å².